The van der Waals surface area contributed by atoms with Crippen LogP contribution in [0.3, 0.4) is 0 Å². The van der Waals surface area contributed by atoms with Crippen molar-refractivity contribution in [1.29, 1.82) is 0 Å². The molecule has 6 nitrogen and oxygen atoms in total. The van der Waals surface area contributed by atoms with Gasteiger partial charge < -0.3 is 0 Å². The van der Waals surface area contributed by atoms with E-state index in [9.17, 15) is 4.79 Å². The second-order valence-electron chi connectivity index (χ2n) is 6.52. The summed E-state index contributed by atoms with van der Waals surface area (Å²) in [5.74, 6) is 2.17. The molecule has 2 bridgehead atoms. The van der Waals surface area contributed by atoms with Crippen LogP contribution >= 0.6 is 43.0 Å². The van der Waals surface area contributed by atoms with Gasteiger partial charge in [-0.3, -0.25) is 0 Å². The van der Waals surface area contributed by atoms with Crippen LogP contribution < -0.4 is 12.8 Å². The molecule has 0 spiro atoms. The van der Waals surface area contributed by atoms with E-state index >= 15 is 0 Å². The number of nitrogens with one attached hydrogen (secondary N) is 2. The van der Waals surface area contributed by atoms with Crippen molar-refractivity contribution in [3.05, 3.63) is 0 Å². The molecule has 20 heavy (non-hydrogen) atoms. The van der Waals surface area contributed by atoms with Crippen LogP contribution in [-0.4, -0.2) is 26.1 Å². The minimum atomic E-state index is -1.26. The number of hydrogen-bond acceptors (Lipinski definition) is 6. The number of esters is 1. The van der Waals surface area contributed by atoms with Crippen molar-refractivity contribution in [2.75, 3.05) is 6.61 Å². The van der Waals surface area contributed by atoms with Crippen molar-refractivity contribution in [2.45, 2.75) is 32.8 Å². The molecule has 0 aromatic heterocycles. The monoisotopic (exact) mass is 505 g/mol. The van der Waals surface area contributed by atoms with Crippen LogP contribution in [0.25, 0.3) is 0 Å². The van der Waals surface area contributed by atoms with Gasteiger partial charge in [0, 0.05) is 0 Å². The van der Waals surface area contributed by atoms with Crippen molar-refractivity contribution in [3.8, 4) is 0 Å². The molecule has 4 N–H and O–H groups in total. The topological polar surface area (TPSA) is 105 Å². The quantitative estimate of drug-likeness (QED) is 0.131. The number of carbonyl (C=O) groups excluding carboxylic acids is 1. The first-order valence-electron chi connectivity index (χ1n) is 7.09. The van der Waals surface area contributed by atoms with Crippen LogP contribution in [0.4, 0.5) is 0 Å². The number of alkyl halides is 2. The summed E-state index contributed by atoms with van der Waals surface area (Å²) in [5, 5.41) is 0. The Kier molecular flexibility index (Phi) is 2.64. The van der Waals surface area contributed by atoms with Crippen LogP contribution in [-0.2, 0) is 14.3 Å². The molecule has 3 saturated heterocycles. The van der Waals surface area contributed by atoms with Crippen molar-refractivity contribution in [1.82, 2.24) is 7.06 Å². The van der Waals surface area contributed by atoms with E-state index in [1.165, 1.54) is 19.3 Å². The predicted molar refractivity (Wildman–Crippen MR) is 87.6 cm³/mol. The van der Waals surface area contributed by atoms with Gasteiger partial charge in [0.1, 0.15) is 0 Å². The van der Waals surface area contributed by atoms with Crippen molar-refractivity contribution >= 4 is 48.9 Å². The maximum atomic E-state index is 12.4. The molecule has 5 fully saturated rings. The first-order valence-corrected chi connectivity index (χ1v) is 11.4. The molecular formula is C12H17I2N3O3. The molecule has 3 aliphatic heterocycles. The molecule has 2 aliphatic carbocycles. The van der Waals surface area contributed by atoms with Crippen LogP contribution in [0.2, 0.25) is 0 Å². The Morgan fingerprint density at radius 2 is 2.15 bits per heavy atom. The molecule has 112 valence electrons. The van der Waals surface area contributed by atoms with Crippen LogP contribution in [0.1, 0.15) is 19.3 Å². The molecule has 6 unspecified atom stereocenters. The summed E-state index contributed by atoms with van der Waals surface area (Å²) in [6, 6.07) is 0. The molecule has 5 rings (SSSR count). The number of fused-ring (bicyclic) bond motifs is 6. The summed E-state index contributed by atoms with van der Waals surface area (Å²) in [5.41, 5.74) is 6.20. The molecule has 0 radical (unpaired) electrons. The van der Waals surface area contributed by atoms with Crippen molar-refractivity contribution < 1.29 is 14.3 Å². The third kappa shape index (κ3) is 1.55. The first-order chi connectivity index (χ1) is 9.53. The maximum absolute atomic E-state index is 12.4. The van der Waals surface area contributed by atoms with E-state index in [1.807, 2.05) is 22.6 Å². The Hall–Kier alpha value is 0.770. The molecule has 3 heterocycles. The molecule has 6 atom stereocenters. The summed E-state index contributed by atoms with van der Waals surface area (Å²) in [6.07, 6.45) is 3.53. The SMILES string of the molecule is NC(I)(C(=O)OC1OCC2C3CCC(C3)C12)C12NI1N2. The second kappa shape index (κ2) is 3.99. The zero-order chi connectivity index (χ0) is 13.7. The normalized spacial score (nSPS) is 50.3. The van der Waals surface area contributed by atoms with Gasteiger partial charge in [0.05, 0.1) is 0 Å². The van der Waals surface area contributed by atoms with E-state index in [-0.39, 0.29) is 15.9 Å². The fourth-order valence-corrected chi connectivity index (χ4v) is 11.7. The Morgan fingerprint density at radius 3 is 2.85 bits per heavy atom. The molecular weight excluding hydrogens is 488 g/mol. The molecule has 0 aromatic rings. The van der Waals surface area contributed by atoms with Gasteiger partial charge in [-0.25, -0.2) is 0 Å². The summed E-state index contributed by atoms with van der Waals surface area (Å²) in [4.78, 5) is 12.4. The Labute approximate surface area is 138 Å². The van der Waals surface area contributed by atoms with Gasteiger partial charge in [-0.15, -0.1) is 0 Å². The van der Waals surface area contributed by atoms with E-state index < -0.39 is 23.9 Å². The van der Waals surface area contributed by atoms with Crippen molar-refractivity contribution in [2.24, 2.45) is 29.4 Å². The third-order valence-corrected chi connectivity index (χ3v) is 12.5. The molecule has 2 saturated carbocycles. The number of halogens is 2. The standard InChI is InChI=1S/C12H17I2N3O3/c13-11(15,12-14(16-12)17-12)10(18)20-9-8-6-2-1-5(3-6)7(8)4-19-9/h5-9,16-17H,1-4,15H2. The van der Waals surface area contributed by atoms with Gasteiger partial charge >= 0.3 is 139 Å². The van der Waals surface area contributed by atoms with E-state index in [0.717, 1.165) is 12.5 Å². The third-order valence-electron chi connectivity index (χ3n) is 5.61. The van der Waals surface area contributed by atoms with Gasteiger partial charge in [-0.2, -0.15) is 0 Å². The summed E-state index contributed by atoms with van der Waals surface area (Å²) in [7, 11) is 0. The summed E-state index contributed by atoms with van der Waals surface area (Å²) < 4.78 is 16.8. The zero-order valence-electron chi connectivity index (χ0n) is 10.8. The predicted octanol–water partition coefficient (Wildman–Crippen LogP) is 0.835. The van der Waals surface area contributed by atoms with Gasteiger partial charge in [0.25, 0.3) is 0 Å². The fraction of sp³-hybridized carbons (Fsp3) is 0.917. The number of nitrogens with two attached hydrogens (primary N) is 1. The van der Waals surface area contributed by atoms with Crippen LogP contribution in [0.15, 0.2) is 0 Å². The van der Waals surface area contributed by atoms with Gasteiger partial charge in [0.2, 0.25) is 0 Å². The zero-order valence-corrected chi connectivity index (χ0v) is 15.1. The van der Waals surface area contributed by atoms with E-state index in [2.05, 4.69) is 7.06 Å². The van der Waals surface area contributed by atoms with Crippen LogP contribution in [0, 0.1) is 23.7 Å². The average Bonchev–Trinajstić information content (AvgIpc) is 3.05. The fourth-order valence-electron chi connectivity index (χ4n) is 4.39. The van der Waals surface area contributed by atoms with Gasteiger partial charge in [0.15, 0.2) is 0 Å². The second-order valence-corrected chi connectivity index (χ2v) is 12.5. The van der Waals surface area contributed by atoms with E-state index in [0.29, 0.717) is 17.8 Å². The number of rotatable bonds is 3. The average molecular weight is 505 g/mol. The van der Waals surface area contributed by atoms with E-state index in [1.54, 1.807) is 0 Å². The Balaban J connectivity index is 1.31. The Bertz CT molecular complexity index is 496. The Morgan fingerprint density at radius 1 is 1.45 bits per heavy atom. The summed E-state index contributed by atoms with van der Waals surface area (Å²) in [6.45, 7) is 0.753. The summed E-state index contributed by atoms with van der Waals surface area (Å²) >= 11 is 0.766. The number of hydrogen-bond donors (Lipinski definition) is 3. The number of carbonyl (C=O) groups is 1. The molecule has 0 aromatic carbocycles. The van der Waals surface area contributed by atoms with Gasteiger partial charge in [-0.1, -0.05) is 0 Å². The molecule has 8 heteroatoms. The molecule has 5 aliphatic rings. The van der Waals surface area contributed by atoms with Crippen LogP contribution in [0.5, 0.6) is 0 Å². The first kappa shape index (κ1) is 13.2. The van der Waals surface area contributed by atoms with Gasteiger partial charge in [-0.05, 0) is 0 Å². The van der Waals surface area contributed by atoms with E-state index in [4.69, 9.17) is 15.2 Å². The van der Waals surface area contributed by atoms with Crippen molar-refractivity contribution in [3.63, 3.8) is 0 Å². The minimum absolute atomic E-state index is 0.277. The molecule has 0 amide bonds. The number of ether oxygens (including phenoxy) is 2.